The summed E-state index contributed by atoms with van der Waals surface area (Å²) in [5.41, 5.74) is 1.16. The van der Waals surface area contributed by atoms with Crippen LogP contribution in [0.2, 0.25) is 0 Å². The minimum absolute atomic E-state index is 0. The van der Waals surface area contributed by atoms with Gasteiger partial charge in [0.25, 0.3) is 0 Å². The van der Waals surface area contributed by atoms with Crippen molar-refractivity contribution in [2.75, 3.05) is 34.4 Å². The summed E-state index contributed by atoms with van der Waals surface area (Å²) in [4.78, 5) is 9.28. The first kappa shape index (κ1) is 25.2. The fraction of sp³-hybridized carbons (Fsp3) is 0.571. The number of hydrogen-bond acceptors (Lipinski definition) is 6. The van der Waals surface area contributed by atoms with Gasteiger partial charge in [-0.25, -0.2) is 9.67 Å². The van der Waals surface area contributed by atoms with E-state index in [0.717, 1.165) is 67.0 Å². The van der Waals surface area contributed by atoms with Crippen molar-refractivity contribution in [3.63, 3.8) is 0 Å². The SMILES string of the molecule is CCNC(=NCCc1ccc(OC)c(OC)c1)NC1CCc2nc(COC)nn2C1.I. The highest BCUT2D eigenvalue weighted by Crippen LogP contribution is 2.27. The third kappa shape index (κ3) is 6.96. The Morgan fingerprint density at radius 2 is 2.03 bits per heavy atom. The quantitative estimate of drug-likeness (QED) is 0.284. The topological polar surface area (TPSA) is 94.8 Å². The highest BCUT2D eigenvalue weighted by Gasteiger charge is 2.22. The van der Waals surface area contributed by atoms with Gasteiger partial charge in [-0.1, -0.05) is 6.07 Å². The summed E-state index contributed by atoms with van der Waals surface area (Å²) in [6.07, 6.45) is 2.69. The van der Waals surface area contributed by atoms with Gasteiger partial charge in [-0.3, -0.25) is 4.99 Å². The Labute approximate surface area is 201 Å². The summed E-state index contributed by atoms with van der Waals surface area (Å²) < 4.78 is 17.8. The monoisotopic (exact) mass is 544 g/mol. The van der Waals surface area contributed by atoms with E-state index in [-0.39, 0.29) is 30.0 Å². The fourth-order valence-electron chi connectivity index (χ4n) is 3.52. The molecule has 1 atom stereocenters. The molecule has 0 bridgehead atoms. The van der Waals surface area contributed by atoms with Gasteiger partial charge in [-0.2, -0.15) is 5.10 Å². The van der Waals surface area contributed by atoms with Gasteiger partial charge >= 0.3 is 0 Å². The minimum Gasteiger partial charge on any atom is -0.493 e. The summed E-state index contributed by atoms with van der Waals surface area (Å²) in [5, 5.41) is 11.4. The number of rotatable bonds is 9. The van der Waals surface area contributed by atoms with Gasteiger partial charge in [0.15, 0.2) is 23.3 Å². The van der Waals surface area contributed by atoms with E-state index in [1.54, 1.807) is 21.3 Å². The zero-order chi connectivity index (χ0) is 21.3. The predicted octanol–water partition coefficient (Wildman–Crippen LogP) is 2.17. The summed E-state index contributed by atoms with van der Waals surface area (Å²) in [7, 11) is 4.95. The molecule has 0 fully saturated rings. The second kappa shape index (κ2) is 12.7. The maximum Gasteiger partial charge on any atom is 0.191 e. The van der Waals surface area contributed by atoms with Gasteiger partial charge in [-0.05, 0) is 37.5 Å². The van der Waals surface area contributed by atoms with Crippen LogP contribution in [-0.4, -0.2) is 61.2 Å². The van der Waals surface area contributed by atoms with Crippen molar-refractivity contribution in [3.05, 3.63) is 35.4 Å². The van der Waals surface area contributed by atoms with Crippen LogP contribution in [0, 0.1) is 0 Å². The molecule has 9 nitrogen and oxygen atoms in total. The van der Waals surface area contributed by atoms with Crippen molar-refractivity contribution in [2.45, 2.75) is 45.4 Å². The van der Waals surface area contributed by atoms with Gasteiger partial charge < -0.3 is 24.8 Å². The Hall–Kier alpha value is -2.08. The fourth-order valence-corrected chi connectivity index (χ4v) is 3.52. The highest BCUT2D eigenvalue weighted by molar-refractivity contribution is 14.0. The number of hydrogen-bond donors (Lipinski definition) is 2. The van der Waals surface area contributed by atoms with E-state index in [0.29, 0.717) is 13.2 Å². The van der Waals surface area contributed by atoms with Crippen LogP contribution < -0.4 is 20.1 Å². The number of benzene rings is 1. The van der Waals surface area contributed by atoms with Gasteiger partial charge in [0, 0.05) is 32.7 Å². The number of ether oxygens (including phenoxy) is 3. The van der Waals surface area contributed by atoms with E-state index in [4.69, 9.17) is 19.2 Å². The first-order valence-electron chi connectivity index (χ1n) is 10.3. The van der Waals surface area contributed by atoms with Crippen molar-refractivity contribution in [3.8, 4) is 11.5 Å². The van der Waals surface area contributed by atoms with Crippen LogP contribution >= 0.6 is 24.0 Å². The first-order valence-corrected chi connectivity index (χ1v) is 10.3. The Kier molecular flexibility index (Phi) is 10.3. The third-order valence-electron chi connectivity index (χ3n) is 4.98. The van der Waals surface area contributed by atoms with Gasteiger partial charge in [0.2, 0.25) is 0 Å². The molecule has 1 aromatic heterocycles. The molecule has 0 radical (unpaired) electrons. The van der Waals surface area contributed by atoms with Crippen LogP contribution in [-0.2, 0) is 30.7 Å². The molecule has 0 amide bonds. The molecule has 172 valence electrons. The zero-order valence-corrected chi connectivity index (χ0v) is 21.0. The molecule has 0 spiro atoms. The van der Waals surface area contributed by atoms with Crippen LogP contribution in [0.25, 0.3) is 0 Å². The van der Waals surface area contributed by atoms with Crippen LogP contribution in [0.4, 0.5) is 0 Å². The molecule has 1 aliphatic rings. The smallest absolute Gasteiger partial charge is 0.191 e. The van der Waals surface area contributed by atoms with Gasteiger partial charge in [0.1, 0.15) is 12.4 Å². The lowest BCUT2D eigenvalue weighted by molar-refractivity contribution is 0.177. The molecule has 1 unspecified atom stereocenters. The van der Waals surface area contributed by atoms with Crippen molar-refractivity contribution in [1.82, 2.24) is 25.4 Å². The van der Waals surface area contributed by atoms with E-state index in [1.165, 1.54) is 0 Å². The molecule has 0 saturated heterocycles. The van der Waals surface area contributed by atoms with Gasteiger partial charge in [-0.15, -0.1) is 24.0 Å². The Morgan fingerprint density at radius 1 is 1.23 bits per heavy atom. The number of fused-ring (bicyclic) bond motifs is 1. The van der Waals surface area contributed by atoms with Crippen molar-refractivity contribution in [2.24, 2.45) is 4.99 Å². The van der Waals surface area contributed by atoms with Crippen LogP contribution in [0.15, 0.2) is 23.2 Å². The average molecular weight is 544 g/mol. The number of halogens is 1. The maximum atomic E-state index is 5.38. The van der Waals surface area contributed by atoms with E-state index in [2.05, 4.69) is 27.6 Å². The zero-order valence-electron chi connectivity index (χ0n) is 18.7. The number of guanidine groups is 1. The van der Waals surface area contributed by atoms with E-state index < -0.39 is 0 Å². The summed E-state index contributed by atoms with van der Waals surface area (Å²) >= 11 is 0. The average Bonchev–Trinajstić information content (AvgIpc) is 3.15. The molecule has 1 aliphatic heterocycles. The lowest BCUT2D eigenvalue weighted by atomic mass is 10.1. The molecular formula is C21H33IN6O3. The Bertz CT molecular complexity index is 858. The molecule has 3 rings (SSSR count). The standard InChI is InChI=1S/C21H32N6O3.HI/c1-5-22-21(23-11-10-15-6-8-17(29-3)18(12-15)30-4)24-16-7-9-20-25-19(14-28-2)26-27(20)13-16;/h6,8,12,16H,5,7,9-11,13-14H2,1-4H3,(H2,22,23,24);1H. The van der Waals surface area contributed by atoms with Crippen LogP contribution in [0.5, 0.6) is 11.5 Å². The molecule has 31 heavy (non-hydrogen) atoms. The van der Waals surface area contributed by atoms with Crippen molar-refractivity contribution in [1.29, 1.82) is 0 Å². The lowest BCUT2D eigenvalue weighted by Gasteiger charge is -2.25. The number of methoxy groups -OCH3 is 3. The summed E-state index contributed by atoms with van der Waals surface area (Å²) in [6.45, 7) is 4.76. The van der Waals surface area contributed by atoms with Gasteiger partial charge in [0.05, 0.1) is 20.8 Å². The maximum absolute atomic E-state index is 5.38. The highest BCUT2D eigenvalue weighted by atomic mass is 127. The number of nitrogens with zero attached hydrogens (tertiary/aromatic N) is 4. The van der Waals surface area contributed by atoms with E-state index in [9.17, 15) is 0 Å². The molecular weight excluding hydrogens is 511 g/mol. The Morgan fingerprint density at radius 3 is 2.74 bits per heavy atom. The molecule has 2 aromatic rings. The molecule has 2 heterocycles. The van der Waals surface area contributed by atoms with Crippen molar-refractivity contribution < 1.29 is 14.2 Å². The molecule has 0 aliphatic carbocycles. The Balaban J connectivity index is 0.00000341. The second-order valence-corrected chi connectivity index (χ2v) is 7.14. The minimum atomic E-state index is 0. The largest absolute Gasteiger partial charge is 0.493 e. The molecule has 1 aromatic carbocycles. The number of nitrogens with one attached hydrogen (secondary N) is 2. The normalized spacial score (nSPS) is 15.6. The first-order chi connectivity index (χ1) is 14.7. The second-order valence-electron chi connectivity index (χ2n) is 7.14. The number of aromatic nitrogens is 3. The van der Waals surface area contributed by atoms with Crippen LogP contribution in [0.1, 0.15) is 30.6 Å². The third-order valence-corrected chi connectivity index (χ3v) is 4.98. The van der Waals surface area contributed by atoms with E-state index >= 15 is 0 Å². The van der Waals surface area contributed by atoms with Crippen molar-refractivity contribution >= 4 is 29.9 Å². The predicted molar refractivity (Wildman–Crippen MR) is 131 cm³/mol. The lowest BCUT2D eigenvalue weighted by Crippen LogP contribution is -2.47. The molecule has 10 heteroatoms. The van der Waals surface area contributed by atoms with Crippen LogP contribution in [0.3, 0.4) is 0 Å². The molecule has 2 N–H and O–H groups in total. The number of aryl methyl sites for hydroxylation is 1. The number of aliphatic imine (C=N–C) groups is 1. The molecule has 0 saturated carbocycles. The summed E-state index contributed by atoms with van der Waals surface area (Å²) in [5.74, 6) is 4.06. The van der Waals surface area contributed by atoms with E-state index in [1.807, 2.05) is 22.9 Å². The summed E-state index contributed by atoms with van der Waals surface area (Å²) in [6, 6.07) is 6.23.